The van der Waals surface area contributed by atoms with Crippen LogP contribution in [0.25, 0.3) is 107 Å². The molecular weight excluding hydrogens is 689 g/mol. The van der Waals surface area contributed by atoms with Gasteiger partial charge in [0.05, 0.1) is 42.9 Å². The molecular formula is C46H26N4OS2. The predicted octanol–water partition coefficient (Wildman–Crippen LogP) is 12.7. The van der Waals surface area contributed by atoms with Crippen LogP contribution < -0.4 is 0 Å². The number of phenolic OH excluding ortho intramolecular Hbond substituents is 1. The summed E-state index contributed by atoms with van der Waals surface area (Å²) in [6, 6.07) is 53.0. The van der Waals surface area contributed by atoms with Gasteiger partial charge in [0.2, 0.25) is 0 Å². The van der Waals surface area contributed by atoms with Crippen molar-refractivity contribution in [3.8, 4) is 39.4 Å². The Kier molecular flexibility index (Phi) is 5.89. The van der Waals surface area contributed by atoms with Crippen LogP contribution in [-0.2, 0) is 0 Å². The maximum Gasteiger partial charge on any atom is 0.156 e. The quantitative estimate of drug-likeness (QED) is 0.198. The molecule has 0 saturated heterocycles. The molecule has 0 saturated carbocycles. The van der Waals surface area contributed by atoms with E-state index in [9.17, 15) is 5.11 Å². The van der Waals surface area contributed by atoms with Crippen LogP contribution in [0.2, 0.25) is 0 Å². The second-order valence-electron chi connectivity index (χ2n) is 13.6. The van der Waals surface area contributed by atoms with Gasteiger partial charge in [-0.3, -0.25) is 8.80 Å². The Balaban J connectivity index is 1.05. The van der Waals surface area contributed by atoms with Gasteiger partial charge in [-0.2, -0.15) is 0 Å². The first-order valence-electron chi connectivity index (χ1n) is 17.5. The Morgan fingerprint density at radius 1 is 0.434 bits per heavy atom. The molecule has 0 radical (unpaired) electrons. The van der Waals surface area contributed by atoms with E-state index in [1.54, 1.807) is 22.7 Å². The van der Waals surface area contributed by atoms with Gasteiger partial charge in [0.1, 0.15) is 5.75 Å². The summed E-state index contributed by atoms with van der Waals surface area (Å²) in [5.41, 5.74) is 11.9. The minimum absolute atomic E-state index is 0.240. The third kappa shape index (κ3) is 4.11. The molecule has 12 aromatic rings. The smallest absolute Gasteiger partial charge is 0.156 e. The molecule has 0 spiro atoms. The monoisotopic (exact) mass is 714 g/mol. The molecule has 0 unspecified atom stereocenters. The van der Waals surface area contributed by atoms with Gasteiger partial charge in [-0.05, 0) is 83.4 Å². The minimum Gasteiger partial charge on any atom is -0.507 e. The molecule has 6 aromatic carbocycles. The Hall–Kier alpha value is -6.54. The molecule has 0 bridgehead atoms. The molecule has 0 atom stereocenters. The highest BCUT2D eigenvalue weighted by molar-refractivity contribution is 7.27. The molecule has 5 nitrogen and oxygen atoms in total. The van der Waals surface area contributed by atoms with Gasteiger partial charge in [-0.1, -0.05) is 84.9 Å². The van der Waals surface area contributed by atoms with Crippen LogP contribution in [0.15, 0.2) is 152 Å². The van der Waals surface area contributed by atoms with E-state index in [-0.39, 0.29) is 5.75 Å². The molecule has 7 heteroatoms. The van der Waals surface area contributed by atoms with Crippen molar-refractivity contribution in [1.82, 2.24) is 18.8 Å². The molecule has 0 aliphatic heterocycles. The number of benzene rings is 6. The molecule has 53 heavy (non-hydrogen) atoms. The van der Waals surface area contributed by atoms with Gasteiger partial charge in [0.25, 0.3) is 0 Å². The van der Waals surface area contributed by atoms with Crippen LogP contribution in [0.1, 0.15) is 0 Å². The number of aromatic hydroxyl groups is 1. The number of imidazole rings is 2. The Morgan fingerprint density at radius 2 is 0.906 bits per heavy atom. The zero-order valence-electron chi connectivity index (χ0n) is 28.0. The van der Waals surface area contributed by atoms with Crippen molar-refractivity contribution in [2.24, 2.45) is 0 Å². The summed E-state index contributed by atoms with van der Waals surface area (Å²) < 4.78 is 9.44. The third-order valence-electron chi connectivity index (χ3n) is 10.6. The molecule has 0 amide bonds. The first-order valence-corrected chi connectivity index (χ1v) is 19.2. The van der Waals surface area contributed by atoms with Crippen LogP contribution >= 0.6 is 22.7 Å². The average molecular weight is 715 g/mol. The number of aromatic nitrogens is 4. The minimum atomic E-state index is 0.240. The second-order valence-corrected chi connectivity index (χ2v) is 15.7. The van der Waals surface area contributed by atoms with Crippen molar-refractivity contribution in [3.63, 3.8) is 0 Å². The van der Waals surface area contributed by atoms with Crippen LogP contribution in [0.4, 0.5) is 0 Å². The topological polar surface area (TPSA) is 54.8 Å². The maximum absolute atomic E-state index is 11.3. The van der Waals surface area contributed by atoms with Crippen LogP contribution in [0.3, 0.4) is 0 Å². The van der Waals surface area contributed by atoms with Gasteiger partial charge in [0, 0.05) is 36.5 Å². The van der Waals surface area contributed by atoms with E-state index in [1.807, 2.05) is 24.3 Å². The highest BCUT2D eigenvalue weighted by atomic mass is 32.1. The average Bonchev–Trinajstić information content (AvgIpc) is 3.98. The lowest BCUT2D eigenvalue weighted by Crippen LogP contribution is -1.94. The van der Waals surface area contributed by atoms with E-state index >= 15 is 0 Å². The van der Waals surface area contributed by atoms with Crippen molar-refractivity contribution in [1.29, 1.82) is 0 Å². The lowest BCUT2D eigenvalue weighted by atomic mass is 9.97. The molecule has 248 valence electrons. The van der Waals surface area contributed by atoms with E-state index in [4.69, 9.17) is 9.97 Å². The SMILES string of the molecule is Oc1ccc(-c2cc3c4ccccc4sc3c3nc4ccccc4n23)cc1-c1ccc(-c2cc3c4ccccc4sc3c3nc4ccccc4n23)cc1. The lowest BCUT2D eigenvalue weighted by molar-refractivity contribution is 0.477. The number of hydrogen-bond acceptors (Lipinski definition) is 5. The zero-order valence-corrected chi connectivity index (χ0v) is 29.6. The lowest BCUT2D eigenvalue weighted by Gasteiger charge is -2.13. The van der Waals surface area contributed by atoms with E-state index in [0.717, 1.165) is 67.0 Å². The molecule has 0 aliphatic rings. The summed E-state index contributed by atoms with van der Waals surface area (Å²) in [7, 11) is 0. The van der Waals surface area contributed by atoms with Crippen LogP contribution in [-0.4, -0.2) is 23.9 Å². The normalized spacial score (nSPS) is 12.2. The van der Waals surface area contributed by atoms with E-state index < -0.39 is 0 Å². The number of hydrogen-bond donors (Lipinski definition) is 1. The van der Waals surface area contributed by atoms with Gasteiger partial charge < -0.3 is 5.11 Å². The number of thiophene rings is 2. The van der Waals surface area contributed by atoms with E-state index in [1.165, 1.54) is 40.3 Å². The summed E-state index contributed by atoms with van der Waals surface area (Å²) in [5, 5.41) is 16.2. The number of pyridine rings is 2. The standard InChI is InChI=1S/C46H26N4OS2/c51-40-22-21-28(39-25-33-30-10-2-8-16-42(30)53-44(33)46-48-35-12-4-6-14-37(35)50(39)46)23-31(40)26-17-19-27(20-18-26)38-24-32-29-9-1-7-15-41(29)52-43(32)45-47-34-11-3-5-13-36(34)49(38)45/h1-25,51H. The van der Waals surface area contributed by atoms with Gasteiger partial charge in [-0.15, -0.1) is 22.7 Å². The first-order chi connectivity index (χ1) is 26.2. The van der Waals surface area contributed by atoms with Crippen LogP contribution in [0.5, 0.6) is 5.75 Å². The Morgan fingerprint density at radius 3 is 1.49 bits per heavy atom. The molecule has 6 aromatic heterocycles. The summed E-state index contributed by atoms with van der Waals surface area (Å²) in [6.07, 6.45) is 0. The summed E-state index contributed by atoms with van der Waals surface area (Å²) >= 11 is 3.58. The molecule has 6 heterocycles. The summed E-state index contributed by atoms with van der Waals surface area (Å²) in [4.78, 5) is 10.3. The summed E-state index contributed by atoms with van der Waals surface area (Å²) in [5.74, 6) is 0.240. The second kappa shape index (κ2) is 10.7. The number of fused-ring (bicyclic) bond motifs is 14. The fraction of sp³-hybridized carbons (Fsp3) is 0. The highest BCUT2D eigenvalue weighted by Crippen LogP contribution is 2.43. The van der Waals surface area contributed by atoms with Crippen molar-refractivity contribution < 1.29 is 5.11 Å². The number of para-hydroxylation sites is 4. The molecule has 12 rings (SSSR count). The first kappa shape index (κ1) is 29.1. The number of nitrogens with zero attached hydrogens (tertiary/aromatic N) is 4. The third-order valence-corrected chi connectivity index (χ3v) is 13.0. The van der Waals surface area contributed by atoms with Gasteiger partial charge in [-0.25, -0.2) is 9.97 Å². The Bertz CT molecular complexity index is 3480. The molecule has 0 fully saturated rings. The van der Waals surface area contributed by atoms with Gasteiger partial charge >= 0.3 is 0 Å². The molecule has 1 N–H and O–H groups in total. The van der Waals surface area contributed by atoms with Crippen molar-refractivity contribution >= 4 is 96.4 Å². The van der Waals surface area contributed by atoms with Gasteiger partial charge in [0.15, 0.2) is 11.3 Å². The fourth-order valence-electron chi connectivity index (χ4n) is 8.17. The predicted molar refractivity (Wildman–Crippen MR) is 223 cm³/mol. The largest absolute Gasteiger partial charge is 0.507 e. The Labute approximate surface area is 309 Å². The maximum atomic E-state index is 11.3. The number of phenols is 1. The highest BCUT2D eigenvalue weighted by Gasteiger charge is 2.20. The summed E-state index contributed by atoms with van der Waals surface area (Å²) in [6.45, 7) is 0. The van der Waals surface area contributed by atoms with E-state index in [2.05, 4.69) is 136 Å². The van der Waals surface area contributed by atoms with Crippen molar-refractivity contribution in [2.45, 2.75) is 0 Å². The zero-order chi connectivity index (χ0) is 34.8. The number of rotatable bonds is 3. The van der Waals surface area contributed by atoms with Crippen LogP contribution in [0, 0.1) is 0 Å². The van der Waals surface area contributed by atoms with Crippen molar-refractivity contribution in [2.75, 3.05) is 0 Å². The van der Waals surface area contributed by atoms with E-state index in [0.29, 0.717) is 0 Å². The van der Waals surface area contributed by atoms with Crippen molar-refractivity contribution in [3.05, 3.63) is 152 Å². The fourth-order valence-corrected chi connectivity index (χ4v) is 10.5. The molecule has 0 aliphatic carbocycles.